The lowest BCUT2D eigenvalue weighted by atomic mass is 9.85. The fourth-order valence-corrected chi connectivity index (χ4v) is 5.91. The number of benzene rings is 4. The van der Waals surface area contributed by atoms with Crippen molar-refractivity contribution in [1.29, 1.82) is 0 Å². The molecule has 1 aromatic heterocycles. The number of carbonyl (C=O) groups is 1. The van der Waals surface area contributed by atoms with E-state index in [1.165, 1.54) is 27.1 Å². The smallest absolute Gasteiger partial charge is 0.200 e. The maximum atomic E-state index is 13.3. The predicted molar refractivity (Wildman–Crippen MR) is 147 cm³/mol. The molecule has 0 fully saturated rings. The Labute approximate surface area is 208 Å². The SMILES string of the molecule is CCCCn1/c(=C/C2=C(O)C(=CC3Nc4cccc5cccc3c45)C2=O)c2cccc3cccc1c32. The van der Waals surface area contributed by atoms with E-state index < -0.39 is 0 Å². The first-order valence-corrected chi connectivity index (χ1v) is 12.7. The molecule has 1 atom stereocenters. The van der Waals surface area contributed by atoms with Crippen molar-refractivity contribution >= 4 is 50.0 Å². The zero-order chi connectivity index (χ0) is 24.4. The van der Waals surface area contributed by atoms with Crippen LogP contribution in [0.25, 0.3) is 38.5 Å². The molecule has 0 amide bonds. The summed E-state index contributed by atoms with van der Waals surface area (Å²) in [4.78, 5) is 13.3. The van der Waals surface area contributed by atoms with Crippen LogP contribution in [-0.2, 0) is 11.3 Å². The number of Topliss-reactive ketones (excluding diaryl/α,β-unsaturated/α-hetero) is 1. The van der Waals surface area contributed by atoms with Crippen molar-refractivity contribution in [2.75, 3.05) is 5.32 Å². The van der Waals surface area contributed by atoms with Crippen LogP contribution in [0.5, 0.6) is 0 Å². The maximum absolute atomic E-state index is 13.3. The zero-order valence-corrected chi connectivity index (χ0v) is 20.1. The summed E-state index contributed by atoms with van der Waals surface area (Å²) < 4.78 is 2.30. The molecule has 1 aliphatic heterocycles. The van der Waals surface area contributed by atoms with Gasteiger partial charge in [0.15, 0.2) is 5.78 Å². The van der Waals surface area contributed by atoms with Gasteiger partial charge >= 0.3 is 0 Å². The second-order valence-corrected chi connectivity index (χ2v) is 9.76. The molecule has 0 radical (unpaired) electrons. The largest absolute Gasteiger partial charge is 0.506 e. The number of aliphatic hydroxyl groups excluding tert-OH is 1. The van der Waals surface area contributed by atoms with Crippen LogP contribution < -0.4 is 10.7 Å². The van der Waals surface area contributed by atoms with Crippen molar-refractivity contribution in [2.45, 2.75) is 32.4 Å². The number of allylic oxidation sites excluding steroid dienone is 2. The summed E-state index contributed by atoms with van der Waals surface area (Å²) in [5, 5.41) is 21.4. The Hall–Kier alpha value is -4.31. The topological polar surface area (TPSA) is 54.3 Å². The van der Waals surface area contributed by atoms with Gasteiger partial charge in [0.1, 0.15) is 5.76 Å². The van der Waals surface area contributed by atoms with Crippen molar-refractivity contribution in [3.8, 4) is 0 Å². The molecule has 0 bridgehead atoms. The molecular weight excluding hydrogens is 444 g/mol. The van der Waals surface area contributed by atoms with Crippen LogP contribution in [0.1, 0.15) is 31.4 Å². The number of hydrogen-bond donors (Lipinski definition) is 2. The second kappa shape index (κ2) is 7.85. The highest BCUT2D eigenvalue weighted by Crippen LogP contribution is 2.42. The normalized spacial score (nSPS) is 18.7. The van der Waals surface area contributed by atoms with Crippen molar-refractivity contribution in [3.63, 3.8) is 0 Å². The molecule has 1 unspecified atom stereocenters. The molecule has 1 aliphatic carbocycles. The van der Waals surface area contributed by atoms with Gasteiger partial charge < -0.3 is 15.0 Å². The van der Waals surface area contributed by atoms with Gasteiger partial charge in [0, 0.05) is 39.3 Å². The number of anilines is 1. The van der Waals surface area contributed by atoms with Crippen LogP contribution in [0.2, 0.25) is 0 Å². The molecule has 7 rings (SSSR count). The number of nitrogens with one attached hydrogen (secondary N) is 1. The molecular formula is C32H26N2O2. The minimum Gasteiger partial charge on any atom is -0.506 e. The van der Waals surface area contributed by atoms with E-state index in [0.29, 0.717) is 11.1 Å². The lowest BCUT2D eigenvalue weighted by molar-refractivity contribution is -0.113. The van der Waals surface area contributed by atoms with Gasteiger partial charge in [-0.25, -0.2) is 0 Å². The Morgan fingerprint density at radius 1 is 0.944 bits per heavy atom. The van der Waals surface area contributed by atoms with Crippen molar-refractivity contribution in [2.24, 2.45) is 0 Å². The molecule has 36 heavy (non-hydrogen) atoms. The van der Waals surface area contributed by atoms with Gasteiger partial charge in [0.05, 0.1) is 17.2 Å². The highest BCUT2D eigenvalue weighted by molar-refractivity contribution is 6.24. The summed E-state index contributed by atoms with van der Waals surface area (Å²) in [6.45, 7) is 3.05. The summed E-state index contributed by atoms with van der Waals surface area (Å²) in [5.74, 6) is -0.0282. The number of carbonyl (C=O) groups excluding carboxylic acids is 1. The highest BCUT2D eigenvalue weighted by Gasteiger charge is 2.34. The van der Waals surface area contributed by atoms with Gasteiger partial charge in [0.25, 0.3) is 0 Å². The molecule has 0 spiro atoms. The minimum absolute atomic E-state index is 0.0796. The van der Waals surface area contributed by atoms with Crippen LogP contribution in [0.15, 0.2) is 95.8 Å². The van der Waals surface area contributed by atoms with Crippen LogP contribution in [0.4, 0.5) is 5.69 Å². The monoisotopic (exact) mass is 470 g/mol. The molecule has 2 aliphatic rings. The van der Waals surface area contributed by atoms with Crippen molar-refractivity contribution < 1.29 is 9.90 Å². The fraction of sp³-hybridized carbons (Fsp3) is 0.156. The minimum atomic E-state index is -0.146. The third kappa shape index (κ3) is 2.91. The summed E-state index contributed by atoms with van der Waals surface area (Å²) in [6.07, 6.45) is 5.88. The standard InChI is InChI=1S/C32H26N2O2/c1-2-3-16-34-27-15-7-11-20-9-5-13-22(30(20)27)28(34)18-24-31(35)23(32(24)36)17-26-21-12-4-8-19-10-6-14-25(33-26)29(19)21/h4-15,17-18,26,33,35H,2-3,16H2,1H3/b23-17?,28-18+. The first kappa shape index (κ1) is 21.0. The number of rotatable bonds is 5. The third-order valence-corrected chi connectivity index (χ3v) is 7.67. The molecule has 4 nitrogen and oxygen atoms in total. The van der Waals surface area contributed by atoms with Gasteiger partial charge in [-0.15, -0.1) is 0 Å². The van der Waals surface area contributed by atoms with Crippen molar-refractivity contribution in [1.82, 2.24) is 4.57 Å². The first-order chi connectivity index (χ1) is 17.7. The zero-order valence-electron chi connectivity index (χ0n) is 20.1. The van der Waals surface area contributed by atoms with E-state index in [1.54, 1.807) is 0 Å². The Balaban J connectivity index is 1.35. The van der Waals surface area contributed by atoms with Gasteiger partial charge in [0.2, 0.25) is 0 Å². The number of nitrogens with zero attached hydrogens (tertiary/aromatic N) is 1. The summed E-state index contributed by atoms with van der Waals surface area (Å²) in [6, 6.07) is 24.9. The molecule has 176 valence electrons. The molecule has 0 saturated heterocycles. The van der Waals surface area contributed by atoms with E-state index in [4.69, 9.17) is 0 Å². The average molecular weight is 471 g/mol. The highest BCUT2D eigenvalue weighted by atomic mass is 16.3. The van der Waals surface area contributed by atoms with E-state index in [9.17, 15) is 9.90 Å². The van der Waals surface area contributed by atoms with E-state index in [1.807, 2.05) is 24.3 Å². The summed E-state index contributed by atoms with van der Waals surface area (Å²) >= 11 is 0. The number of hydrogen-bond acceptors (Lipinski definition) is 3. The lowest BCUT2D eigenvalue weighted by Gasteiger charge is -2.21. The number of unbranched alkanes of at least 4 members (excludes halogenated alkanes) is 1. The van der Waals surface area contributed by atoms with Gasteiger partial charge in [-0.1, -0.05) is 74.0 Å². The molecule has 0 saturated carbocycles. The number of aliphatic hydroxyl groups is 1. The maximum Gasteiger partial charge on any atom is 0.200 e. The Kier molecular flexibility index (Phi) is 4.58. The summed E-state index contributed by atoms with van der Waals surface area (Å²) in [7, 11) is 0. The van der Waals surface area contributed by atoms with Crippen LogP contribution >= 0.6 is 0 Å². The van der Waals surface area contributed by atoms with Crippen LogP contribution in [-0.4, -0.2) is 15.5 Å². The van der Waals surface area contributed by atoms with Gasteiger partial charge in [-0.3, -0.25) is 4.79 Å². The number of aryl methyl sites for hydroxylation is 1. The van der Waals surface area contributed by atoms with Crippen molar-refractivity contribution in [3.05, 3.63) is 107 Å². The van der Waals surface area contributed by atoms with Crippen LogP contribution in [0.3, 0.4) is 0 Å². The quantitative estimate of drug-likeness (QED) is 0.280. The van der Waals surface area contributed by atoms with E-state index in [-0.39, 0.29) is 17.6 Å². The Bertz CT molecular complexity index is 1830. The van der Waals surface area contributed by atoms with Gasteiger partial charge in [-0.05, 0) is 47.0 Å². The second-order valence-electron chi connectivity index (χ2n) is 9.76. The fourth-order valence-electron chi connectivity index (χ4n) is 5.91. The first-order valence-electron chi connectivity index (χ1n) is 12.7. The molecule has 2 N–H and O–H groups in total. The molecule has 2 heterocycles. The van der Waals surface area contributed by atoms with E-state index in [0.717, 1.165) is 41.4 Å². The Morgan fingerprint density at radius 3 is 2.44 bits per heavy atom. The van der Waals surface area contributed by atoms with E-state index >= 15 is 0 Å². The molecule has 4 aromatic carbocycles. The summed E-state index contributed by atoms with van der Waals surface area (Å²) in [5.41, 5.74) is 4.14. The lowest BCUT2D eigenvalue weighted by Crippen LogP contribution is -2.25. The molecule has 5 aromatic rings. The molecule has 4 heteroatoms. The average Bonchev–Trinajstić information content (AvgIpc) is 3.42. The Morgan fingerprint density at radius 2 is 1.67 bits per heavy atom. The van der Waals surface area contributed by atoms with Crippen LogP contribution in [0, 0.1) is 0 Å². The number of ketones is 1. The predicted octanol–water partition coefficient (Wildman–Crippen LogP) is 6.74. The number of aromatic nitrogens is 1. The van der Waals surface area contributed by atoms with Gasteiger partial charge in [-0.2, -0.15) is 0 Å². The third-order valence-electron chi connectivity index (χ3n) is 7.67. The van der Waals surface area contributed by atoms with E-state index in [2.05, 4.69) is 77.5 Å².